The lowest BCUT2D eigenvalue weighted by molar-refractivity contribution is 0.435. The van der Waals surface area contributed by atoms with Crippen LogP contribution in [-0.2, 0) is 10.0 Å². The lowest BCUT2D eigenvalue weighted by Gasteiger charge is -2.22. The van der Waals surface area contributed by atoms with Crippen LogP contribution in [0.5, 0.6) is 0 Å². The van der Waals surface area contributed by atoms with E-state index in [1.807, 2.05) is 0 Å². The summed E-state index contributed by atoms with van der Waals surface area (Å²) in [7, 11) is -3.57. The number of anilines is 1. The number of sulfonamides is 1. The topological polar surface area (TPSA) is 63.4 Å². The molecule has 0 bridgehead atoms. The first-order valence-electron chi connectivity index (χ1n) is 5.75. The van der Waals surface area contributed by atoms with Gasteiger partial charge in [-0.05, 0) is 56.8 Å². The summed E-state index contributed by atoms with van der Waals surface area (Å²) in [5.41, 5.74) is 6.19. The minimum atomic E-state index is -3.57. The van der Waals surface area contributed by atoms with Crippen LogP contribution in [0.15, 0.2) is 38.6 Å². The minimum absolute atomic E-state index is 0.0827. The molecule has 0 aliphatic heterocycles. The summed E-state index contributed by atoms with van der Waals surface area (Å²) in [6, 6.07) is 3.27. The van der Waals surface area contributed by atoms with Crippen molar-refractivity contribution in [2.24, 2.45) is 0 Å². The molecule has 104 valence electrons. The van der Waals surface area contributed by atoms with Crippen LogP contribution in [0.3, 0.4) is 0 Å². The zero-order chi connectivity index (χ0) is 14.2. The summed E-state index contributed by atoms with van der Waals surface area (Å²) in [4.78, 5) is 0.218. The van der Waals surface area contributed by atoms with Gasteiger partial charge in [0.15, 0.2) is 0 Å². The maximum atomic E-state index is 12.7. The Morgan fingerprint density at radius 2 is 1.89 bits per heavy atom. The third kappa shape index (κ3) is 3.04. The molecule has 0 heterocycles. The number of rotatable bonds is 5. The van der Waals surface area contributed by atoms with Gasteiger partial charge in [-0.2, -0.15) is 4.31 Å². The maximum Gasteiger partial charge on any atom is 0.245 e. The highest BCUT2D eigenvalue weighted by Gasteiger charge is 2.39. The van der Waals surface area contributed by atoms with Crippen molar-refractivity contribution in [3.8, 4) is 0 Å². The second kappa shape index (κ2) is 5.55. The third-order valence-electron chi connectivity index (χ3n) is 2.85. The van der Waals surface area contributed by atoms with Gasteiger partial charge in [-0.1, -0.05) is 6.08 Å². The fraction of sp³-hybridized carbons (Fsp3) is 0.333. The molecule has 0 amide bonds. The fourth-order valence-electron chi connectivity index (χ4n) is 1.88. The van der Waals surface area contributed by atoms with Crippen molar-refractivity contribution in [3.63, 3.8) is 0 Å². The molecule has 1 aromatic rings. The van der Waals surface area contributed by atoms with Crippen molar-refractivity contribution in [1.29, 1.82) is 0 Å². The average Bonchev–Trinajstić information content (AvgIpc) is 3.07. The molecular formula is C12H14Br2N2O2S. The van der Waals surface area contributed by atoms with E-state index in [0.29, 0.717) is 21.2 Å². The molecule has 1 fully saturated rings. The SMILES string of the molecule is C=CCN(C1CC1)S(=O)(=O)c1c(Br)cc(N)cc1Br. The molecule has 1 aliphatic carbocycles. The van der Waals surface area contributed by atoms with Crippen molar-refractivity contribution in [3.05, 3.63) is 33.7 Å². The summed E-state index contributed by atoms with van der Waals surface area (Å²) in [5, 5.41) is 0. The molecule has 0 radical (unpaired) electrons. The molecule has 1 aliphatic rings. The van der Waals surface area contributed by atoms with Gasteiger partial charge in [-0.15, -0.1) is 6.58 Å². The van der Waals surface area contributed by atoms with Crippen molar-refractivity contribution in [1.82, 2.24) is 4.31 Å². The molecule has 0 aromatic heterocycles. The Hall–Kier alpha value is -0.370. The van der Waals surface area contributed by atoms with Crippen LogP contribution in [0, 0.1) is 0 Å². The Kier molecular flexibility index (Phi) is 4.39. The summed E-state index contributed by atoms with van der Waals surface area (Å²) >= 11 is 6.56. The van der Waals surface area contributed by atoms with Gasteiger partial charge in [-0.3, -0.25) is 0 Å². The molecule has 1 aromatic carbocycles. The van der Waals surface area contributed by atoms with E-state index >= 15 is 0 Å². The van der Waals surface area contributed by atoms with Crippen molar-refractivity contribution in [2.45, 2.75) is 23.8 Å². The zero-order valence-electron chi connectivity index (χ0n) is 10.1. The molecule has 7 heteroatoms. The molecular weight excluding hydrogens is 396 g/mol. The molecule has 1 saturated carbocycles. The fourth-order valence-corrected chi connectivity index (χ4v) is 6.08. The van der Waals surface area contributed by atoms with Gasteiger partial charge in [0.25, 0.3) is 0 Å². The number of hydrogen-bond donors (Lipinski definition) is 1. The summed E-state index contributed by atoms with van der Waals surface area (Å²) < 4.78 is 27.9. The summed E-state index contributed by atoms with van der Waals surface area (Å²) in [6.45, 7) is 3.94. The summed E-state index contributed by atoms with van der Waals surface area (Å²) in [6.07, 6.45) is 3.41. The van der Waals surface area contributed by atoms with Crippen molar-refractivity contribution >= 4 is 47.6 Å². The molecule has 0 spiro atoms. The van der Waals surface area contributed by atoms with Crippen LogP contribution in [0.25, 0.3) is 0 Å². The van der Waals surface area contributed by atoms with Gasteiger partial charge < -0.3 is 5.73 Å². The average molecular weight is 410 g/mol. The molecule has 4 nitrogen and oxygen atoms in total. The van der Waals surface area contributed by atoms with E-state index in [4.69, 9.17) is 5.73 Å². The predicted molar refractivity (Wildman–Crippen MR) is 83.4 cm³/mol. The van der Waals surface area contributed by atoms with Crippen LogP contribution >= 0.6 is 31.9 Å². The van der Waals surface area contributed by atoms with Crippen LogP contribution in [0.4, 0.5) is 5.69 Å². The van der Waals surface area contributed by atoms with Gasteiger partial charge in [0.1, 0.15) is 4.90 Å². The Labute approximate surface area is 130 Å². The normalized spacial score (nSPS) is 15.7. The standard InChI is InChI=1S/C12H14Br2N2O2S/c1-2-5-16(9-3-4-9)19(17,18)12-10(13)6-8(15)7-11(12)14/h2,6-7,9H,1,3-5,15H2. The highest BCUT2D eigenvalue weighted by Crippen LogP contribution is 2.38. The Morgan fingerprint density at radius 1 is 1.37 bits per heavy atom. The first-order chi connectivity index (χ1) is 8.87. The van der Waals surface area contributed by atoms with Crippen molar-refractivity contribution < 1.29 is 8.42 Å². The Bertz CT molecular complexity index is 589. The maximum absolute atomic E-state index is 12.7. The van der Waals surface area contributed by atoms with Crippen LogP contribution in [-0.4, -0.2) is 25.3 Å². The third-order valence-corrected chi connectivity index (χ3v) is 6.65. The summed E-state index contributed by atoms with van der Waals surface area (Å²) in [5.74, 6) is 0. The van der Waals surface area contributed by atoms with Crippen LogP contribution in [0.1, 0.15) is 12.8 Å². The van der Waals surface area contributed by atoms with Crippen LogP contribution < -0.4 is 5.73 Å². The largest absolute Gasteiger partial charge is 0.399 e. The smallest absolute Gasteiger partial charge is 0.245 e. The predicted octanol–water partition coefficient (Wildman–Crippen LogP) is 3.13. The number of nitrogens with zero attached hydrogens (tertiary/aromatic N) is 1. The van der Waals surface area contributed by atoms with E-state index in [9.17, 15) is 8.42 Å². The van der Waals surface area contributed by atoms with E-state index in [2.05, 4.69) is 38.4 Å². The van der Waals surface area contributed by atoms with E-state index < -0.39 is 10.0 Å². The quantitative estimate of drug-likeness (QED) is 0.600. The van der Waals surface area contributed by atoms with Gasteiger partial charge in [0.2, 0.25) is 10.0 Å². The molecule has 0 atom stereocenters. The van der Waals surface area contributed by atoms with Gasteiger partial charge in [0.05, 0.1) is 0 Å². The monoisotopic (exact) mass is 408 g/mol. The van der Waals surface area contributed by atoms with Crippen molar-refractivity contribution in [2.75, 3.05) is 12.3 Å². The van der Waals surface area contributed by atoms with E-state index in [0.717, 1.165) is 12.8 Å². The van der Waals surface area contributed by atoms with Crippen LogP contribution in [0.2, 0.25) is 0 Å². The highest BCUT2D eigenvalue weighted by molar-refractivity contribution is 9.11. The number of benzene rings is 1. The Morgan fingerprint density at radius 3 is 2.32 bits per heavy atom. The lowest BCUT2D eigenvalue weighted by atomic mass is 10.3. The second-order valence-electron chi connectivity index (χ2n) is 4.41. The molecule has 2 rings (SSSR count). The molecule has 0 saturated heterocycles. The number of hydrogen-bond acceptors (Lipinski definition) is 3. The number of halogens is 2. The van der Waals surface area contributed by atoms with E-state index in [1.54, 1.807) is 18.2 Å². The van der Waals surface area contributed by atoms with Gasteiger partial charge in [0, 0.05) is 27.2 Å². The molecule has 19 heavy (non-hydrogen) atoms. The molecule has 0 unspecified atom stereocenters. The second-order valence-corrected chi connectivity index (χ2v) is 7.94. The van der Waals surface area contributed by atoms with E-state index in [-0.39, 0.29) is 10.9 Å². The first-order valence-corrected chi connectivity index (χ1v) is 8.77. The number of nitrogen functional groups attached to an aromatic ring is 1. The van der Waals surface area contributed by atoms with E-state index in [1.165, 1.54) is 4.31 Å². The zero-order valence-corrected chi connectivity index (χ0v) is 14.1. The van der Waals surface area contributed by atoms with Gasteiger partial charge >= 0.3 is 0 Å². The van der Waals surface area contributed by atoms with Gasteiger partial charge in [-0.25, -0.2) is 8.42 Å². The highest BCUT2D eigenvalue weighted by atomic mass is 79.9. The lowest BCUT2D eigenvalue weighted by Crippen LogP contribution is -2.33. The minimum Gasteiger partial charge on any atom is -0.399 e. The number of nitrogens with two attached hydrogens (primary N) is 1. The molecule has 2 N–H and O–H groups in total. The Balaban J connectivity index is 2.52. The first kappa shape index (κ1) is 15.0.